The number of aliphatic carboxylic acids is 2. The average Bonchev–Trinajstić information content (AvgIpc) is 2.39. The zero-order valence-corrected chi connectivity index (χ0v) is 14.8. The zero-order valence-electron chi connectivity index (χ0n) is 13.4. The molecular weight excluding hydrogens is 280 g/mol. The molecule has 0 atom stereocenters. The zero-order chi connectivity index (χ0) is 16.0. The molecule has 0 rings (SSSR count). The first kappa shape index (κ1) is 25.2. The maximum Gasteiger partial charge on any atom is 2.00 e. The number of carbonyl (C=O) groups is 2. The third-order valence-corrected chi connectivity index (χ3v) is 2.74. The molecule has 0 N–H and O–H groups in total. The molecule has 0 aromatic heterocycles. The molecule has 0 spiro atoms. The number of hydrogen-bond acceptors (Lipinski definition) is 4. The maximum absolute atomic E-state index is 10.1. The van der Waals surface area contributed by atoms with Crippen LogP contribution in [-0.4, -0.2) is 35.0 Å². The van der Waals surface area contributed by atoms with Gasteiger partial charge in [0.2, 0.25) is 0 Å². The van der Waals surface area contributed by atoms with Crippen molar-refractivity contribution in [3.8, 4) is 0 Å². The molecule has 116 valence electrons. The van der Waals surface area contributed by atoms with Gasteiger partial charge in [0.1, 0.15) is 0 Å². The fraction of sp³-hybridized carbons (Fsp3) is 0.625. The summed E-state index contributed by atoms with van der Waals surface area (Å²) >= 11 is 0. The summed E-state index contributed by atoms with van der Waals surface area (Å²) in [4.78, 5) is 20.2. The molecule has 0 aliphatic rings. The normalized spacial score (nSPS) is 8.86. The van der Waals surface area contributed by atoms with Crippen molar-refractivity contribution in [2.75, 3.05) is 0 Å². The summed E-state index contributed by atoms with van der Waals surface area (Å²) in [5.74, 6) is -2.23. The molecule has 0 amide bonds. The Morgan fingerprint density at radius 2 is 1.05 bits per heavy atom. The Morgan fingerprint density at radius 1 is 0.762 bits per heavy atom. The molecule has 4 nitrogen and oxygen atoms in total. The van der Waals surface area contributed by atoms with Crippen LogP contribution in [0.2, 0.25) is 0 Å². The van der Waals surface area contributed by atoms with E-state index in [0.717, 1.165) is 38.5 Å². The van der Waals surface area contributed by atoms with Crippen LogP contribution in [-0.2, 0) is 9.59 Å². The molecule has 0 aromatic carbocycles. The van der Waals surface area contributed by atoms with Gasteiger partial charge in [-0.2, -0.15) is 0 Å². The SMILES string of the molecule is C=C(CCCCC)C(=O)[O-].C=C(CCCCC)C(=O)[O-].[Mg+2]. The van der Waals surface area contributed by atoms with Crippen LogP contribution in [0.1, 0.15) is 65.2 Å². The summed E-state index contributed by atoms with van der Waals surface area (Å²) in [6.07, 6.45) is 7.26. The first-order valence-corrected chi connectivity index (χ1v) is 7.14. The van der Waals surface area contributed by atoms with Crippen molar-refractivity contribution in [3.05, 3.63) is 24.3 Å². The van der Waals surface area contributed by atoms with Crippen molar-refractivity contribution in [3.63, 3.8) is 0 Å². The van der Waals surface area contributed by atoms with Crippen LogP contribution in [0, 0.1) is 0 Å². The topological polar surface area (TPSA) is 80.3 Å². The second-order valence-electron chi connectivity index (χ2n) is 4.70. The first-order chi connectivity index (χ1) is 9.36. The molecule has 0 aliphatic carbocycles. The minimum Gasteiger partial charge on any atom is -0.545 e. The second-order valence-corrected chi connectivity index (χ2v) is 4.70. The van der Waals surface area contributed by atoms with Crippen molar-refractivity contribution in [2.45, 2.75) is 65.2 Å². The first-order valence-electron chi connectivity index (χ1n) is 7.14. The number of carboxylic acid groups (broad SMARTS) is 2. The molecule has 0 unspecified atom stereocenters. The second kappa shape index (κ2) is 17.2. The van der Waals surface area contributed by atoms with E-state index < -0.39 is 11.9 Å². The van der Waals surface area contributed by atoms with Gasteiger partial charge in [0.05, 0.1) is 11.9 Å². The predicted molar refractivity (Wildman–Crippen MR) is 82.3 cm³/mol. The van der Waals surface area contributed by atoms with Crippen LogP contribution in [0.5, 0.6) is 0 Å². The molecule has 0 radical (unpaired) electrons. The van der Waals surface area contributed by atoms with Crippen molar-refractivity contribution >= 4 is 35.0 Å². The molecular formula is C16H26MgO4. The summed E-state index contributed by atoms with van der Waals surface area (Å²) in [5.41, 5.74) is 0.432. The Bertz CT molecular complexity index is 292. The molecule has 0 fully saturated rings. The summed E-state index contributed by atoms with van der Waals surface area (Å²) in [6, 6.07) is 0. The van der Waals surface area contributed by atoms with Crippen LogP contribution in [0.25, 0.3) is 0 Å². The summed E-state index contributed by atoms with van der Waals surface area (Å²) in [6.45, 7) is 10.9. The van der Waals surface area contributed by atoms with E-state index in [4.69, 9.17) is 0 Å². The van der Waals surface area contributed by atoms with Gasteiger partial charge in [-0.3, -0.25) is 0 Å². The number of hydrogen-bond donors (Lipinski definition) is 0. The Labute approximate surface area is 144 Å². The monoisotopic (exact) mass is 306 g/mol. The number of carbonyl (C=O) groups excluding carboxylic acids is 2. The van der Waals surface area contributed by atoms with E-state index in [-0.39, 0.29) is 34.2 Å². The maximum atomic E-state index is 10.1. The molecule has 0 bridgehead atoms. The van der Waals surface area contributed by atoms with Gasteiger partial charge in [-0.05, 0) is 36.8 Å². The van der Waals surface area contributed by atoms with Crippen LogP contribution in [0.15, 0.2) is 24.3 Å². The number of unbranched alkanes of at least 4 members (excludes halogenated alkanes) is 4. The quantitative estimate of drug-likeness (QED) is 0.347. The van der Waals surface area contributed by atoms with E-state index in [1.807, 2.05) is 0 Å². The third-order valence-electron chi connectivity index (χ3n) is 2.74. The third kappa shape index (κ3) is 19.2. The van der Waals surface area contributed by atoms with Crippen molar-refractivity contribution in [1.82, 2.24) is 0 Å². The standard InChI is InChI=1S/2C8H14O2.Mg/c2*1-3-4-5-6-7(2)8(9)10;/h2*2-6H2,1H3,(H,9,10);/q;;+2/p-2. The molecule has 0 heterocycles. The van der Waals surface area contributed by atoms with Gasteiger partial charge in [-0.1, -0.05) is 52.7 Å². The Morgan fingerprint density at radius 3 is 1.24 bits per heavy atom. The largest absolute Gasteiger partial charge is 2.00 e. The molecule has 5 heteroatoms. The summed E-state index contributed by atoms with van der Waals surface area (Å²) in [7, 11) is 0. The molecule has 21 heavy (non-hydrogen) atoms. The van der Waals surface area contributed by atoms with Gasteiger partial charge < -0.3 is 19.8 Å². The van der Waals surface area contributed by atoms with Gasteiger partial charge in [0.15, 0.2) is 0 Å². The van der Waals surface area contributed by atoms with Crippen LogP contribution < -0.4 is 10.2 Å². The van der Waals surface area contributed by atoms with Gasteiger partial charge in [-0.15, -0.1) is 0 Å². The van der Waals surface area contributed by atoms with E-state index in [9.17, 15) is 19.8 Å². The van der Waals surface area contributed by atoms with Crippen LogP contribution in [0.4, 0.5) is 0 Å². The van der Waals surface area contributed by atoms with Gasteiger partial charge in [0.25, 0.3) is 0 Å². The van der Waals surface area contributed by atoms with Crippen molar-refractivity contribution in [1.29, 1.82) is 0 Å². The Kier molecular flexibility index (Phi) is 20.7. The number of rotatable bonds is 10. The van der Waals surface area contributed by atoms with Gasteiger partial charge in [-0.25, -0.2) is 0 Å². The number of carboxylic acids is 2. The fourth-order valence-electron chi connectivity index (χ4n) is 1.38. The Balaban J connectivity index is -0.000000295. The molecule has 0 aliphatic heterocycles. The fourth-order valence-corrected chi connectivity index (χ4v) is 1.38. The van der Waals surface area contributed by atoms with Gasteiger partial charge in [0, 0.05) is 0 Å². The van der Waals surface area contributed by atoms with Gasteiger partial charge >= 0.3 is 23.1 Å². The van der Waals surface area contributed by atoms with E-state index in [1.54, 1.807) is 0 Å². The summed E-state index contributed by atoms with van der Waals surface area (Å²) < 4.78 is 0. The van der Waals surface area contributed by atoms with Crippen molar-refractivity contribution in [2.24, 2.45) is 0 Å². The predicted octanol–water partition coefficient (Wildman–Crippen LogP) is 1.36. The Hall–Kier alpha value is -0.814. The van der Waals surface area contributed by atoms with E-state index >= 15 is 0 Å². The van der Waals surface area contributed by atoms with Crippen molar-refractivity contribution < 1.29 is 19.8 Å². The minimum atomic E-state index is -1.11. The van der Waals surface area contributed by atoms with Crippen LogP contribution in [0.3, 0.4) is 0 Å². The van der Waals surface area contributed by atoms with E-state index in [2.05, 4.69) is 27.0 Å². The molecule has 0 saturated carbocycles. The molecule has 0 saturated heterocycles. The van der Waals surface area contributed by atoms with E-state index in [1.165, 1.54) is 0 Å². The van der Waals surface area contributed by atoms with Crippen LogP contribution >= 0.6 is 0 Å². The van der Waals surface area contributed by atoms with E-state index in [0.29, 0.717) is 12.8 Å². The minimum absolute atomic E-state index is 0. The smallest absolute Gasteiger partial charge is 0.545 e. The average molecular weight is 307 g/mol. The summed E-state index contributed by atoms with van der Waals surface area (Å²) in [5, 5.41) is 20.2. The molecule has 0 aromatic rings.